The third-order valence-corrected chi connectivity index (χ3v) is 3.89. The summed E-state index contributed by atoms with van der Waals surface area (Å²) in [6.45, 7) is 1.95. The van der Waals surface area contributed by atoms with Crippen molar-refractivity contribution in [2.45, 2.75) is 19.4 Å². The van der Waals surface area contributed by atoms with Crippen LogP contribution in [0.3, 0.4) is 0 Å². The van der Waals surface area contributed by atoms with Crippen LogP contribution in [-0.2, 0) is 0 Å². The van der Waals surface area contributed by atoms with Crippen LogP contribution in [0.5, 0.6) is 11.5 Å². The van der Waals surface area contributed by atoms with E-state index in [1.165, 1.54) is 0 Å². The largest absolute Gasteiger partial charge is 0.456 e. The molecule has 4 heteroatoms. The first kappa shape index (κ1) is 14.6. The van der Waals surface area contributed by atoms with Gasteiger partial charge in [-0.15, -0.1) is 0 Å². The van der Waals surface area contributed by atoms with E-state index < -0.39 is 6.10 Å². The maximum absolute atomic E-state index is 9.73. The monoisotopic (exact) mass is 384 g/mol. The topological polar surface area (TPSA) is 29.5 Å². The zero-order chi connectivity index (χ0) is 13.8. The Morgan fingerprint density at radius 2 is 1.79 bits per heavy atom. The van der Waals surface area contributed by atoms with Crippen LogP contribution in [0, 0.1) is 0 Å². The molecule has 0 saturated carbocycles. The number of hydrogen-bond donors (Lipinski definition) is 1. The van der Waals surface area contributed by atoms with Crippen LogP contribution in [0.1, 0.15) is 25.0 Å². The fourth-order valence-electron chi connectivity index (χ4n) is 1.68. The molecule has 0 radical (unpaired) electrons. The minimum Gasteiger partial charge on any atom is -0.456 e. The van der Waals surface area contributed by atoms with E-state index in [0.29, 0.717) is 6.42 Å². The predicted octanol–water partition coefficient (Wildman–Crippen LogP) is 5.45. The highest BCUT2D eigenvalue weighted by atomic mass is 79.9. The highest BCUT2D eigenvalue weighted by molar-refractivity contribution is 9.11. The van der Waals surface area contributed by atoms with Crippen molar-refractivity contribution in [1.82, 2.24) is 0 Å². The molecule has 2 aromatic rings. The van der Waals surface area contributed by atoms with E-state index in [-0.39, 0.29) is 0 Å². The van der Waals surface area contributed by atoms with E-state index in [1.807, 2.05) is 49.4 Å². The molecule has 1 atom stereocenters. The highest BCUT2D eigenvalue weighted by Crippen LogP contribution is 2.32. The van der Waals surface area contributed by atoms with Crippen LogP contribution in [0.25, 0.3) is 0 Å². The molecule has 0 aromatic heterocycles. The Bertz CT molecular complexity index is 553. The van der Waals surface area contributed by atoms with Gasteiger partial charge in [0.25, 0.3) is 0 Å². The van der Waals surface area contributed by atoms with Crippen molar-refractivity contribution in [3.05, 3.63) is 57.0 Å². The maximum atomic E-state index is 9.73. The lowest BCUT2D eigenvalue weighted by Crippen LogP contribution is -1.94. The first-order valence-corrected chi connectivity index (χ1v) is 7.59. The molecule has 2 nitrogen and oxygen atoms in total. The molecule has 0 aliphatic rings. The molecule has 1 N–H and O–H groups in total. The normalized spacial score (nSPS) is 12.2. The fourth-order valence-corrected chi connectivity index (χ4v) is 2.81. The zero-order valence-electron chi connectivity index (χ0n) is 10.4. The Morgan fingerprint density at radius 3 is 2.37 bits per heavy atom. The van der Waals surface area contributed by atoms with Crippen molar-refractivity contribution >= 4 is 31.9 Å². The molecule has 2 aromatic carbocycles. The molecule has 0 saturated heterocycles. The van der Waals surface area contributed by atoms with Crippen molar-refractivity contribution in [2.24, 2.45) is 0 Å². The molecule has 0 aliphatic heterocycles. The Kier molecular flexibility index (Phi) is 5.02. The van der Waals surface area contributed by atoms with Gasteiger partial charge in [-0.25, -0.2) is 0 Å². The van der Waals surface area contributed by atoms with Crippen molar-refractivity contribution in [3.8, 4) is 11.5 Å². The summed E-state index contributed by atoms with van der Waals surface area (Å²) in [7, 11) is 0. The quantitative estimate of drug-likeness (QED) is 0.758. The van der Waals surface area contributed by atoms with Gasteiger partial charge in [-0.2, -0.15) is 0 Å². The Balaban J connectivity index is 2.15. The molecule has 19 heavy (non-hydrogen) atoms. The summed E-state index contributed by atoms with van der Waals surface area (Å²) >= 11 is 6.86. The van der Waals surface area contributed by atoms with Crippen LogP contribution in [0.15, 0.2) is 51.4 Å². The number of aliphatic hydroxyl groups excluding tert-OH is 1. The number of benzene rings is 2. The maximum Gasteiger partial charge on any atom is 0.141 e. The fraction of sp³-hybridized carbons (Fsp3) is 0.200. The van der Waals surface area contributed by atoms with Crippen LogP contribution in [0.4, 0.5) is 0 Å². The van der Waals surface area contributed by atoms with Gasteiger partial charge in [0, 0.05) is 4.47 Å². The van der Waals surface area contributed by atoms with Crippen molar-refractivity contribution in [3.63, 3.8) is 0 Å². The second-order valence-corrected chi connectivity index (χ2v) is 5.94. The van der Waals surface area contributed by atoms with Crippen LogP contribution in [0.2, 0.25) is 0 Å². The number of aliphatic hydroxyl groups is 1. The molecule has 2 rings (SSSR count). The summed E-state index contributed by atoms with van der Waals surface area (Å²) in [4.78, 5) is 0. The van der Waals surface area contributed by atoms with Gasteiger partial charge >= 0.3 is 0 Å². The summed E-state index contributed by atoms with van der Waals surface area (Å²) < 4.78 is 7.67. The van der Waals surface area contributed by atoms with Crippen LogP contribution < -0.4 is 4.74 Å². The highest BCUT2D eigenvalue weighted by Gasteiger charge is 2.06. The molecular weight excluding hydrogens is 372 g/mol. The van der Waals surface area contributed by atoms with Gasteiger partial charge in [0.1, 0.15) is 11.5 Å². The number of ether oxygens (including phenoxy) is 1. The second-order valence-electron chi connectivity index (χ2n) is 4.17. The van der Waals surface area contributed by atoms with E-state index in [2.05, 4.69) is 31.9 Å². The molecule has 0 spiro atoms. The third-order valence-electron chi connectivity index (χ3n) is 2.77. The summed E-state index contributed by atoms with van der Waals surface area (Å²) in [6.07, 6.45) is 0.298. The molecular formula is C15H14Br2O2. The zero-order valence-corrected chi connectivity index (χ0v) is 13.6. The molecule has 0 amide bonds. The molecule has 0 unspecified atom stereocenters. The number of rotatable bonds is 4. The van der Waals surface area contributed by atoms with Crippen molar-refractivity contribution in [1.29, 1.82) is 0 Å². The standard InChI is InChI=1S/C15H14Br2O2/c1-2-14(18)10-3-6-12(7-4-10)19-15-8-5-11(16)9-13(15)17/h3-9,14,18H,2H2,1H3/t14-/m0/s1. The minimum absolute atomic E-state index is 0.409. The number of hydrogen-bond acceptors (Lipinski definition) is 2. The molecule has 100 valence electrons. The van der Waals surface area contributed by atoms with Crippen LogP contribution >= 0.6 is 31.9 Å². The summed E-state index contributed by atoms with van der Waals surface area (Å²) in [5.41, 5.74) is 0.907. The van der Waals surface area contributed by atoms with Crippen LogP contribution in [-0.4, -0.2) is 5.11 Å². The van der Waals surface area contributed by atoms with E-state index in [9.17, 15) is 5.11 Å². The van der Waals surface area contributed by atoms with E-state index >= 15 is 0 Å². The summed E-state index contributed by atoms with van der Waals surface area (Å²) in [5, 5.41) is 9.73. The summed E-state index contributed by atoms with van der Waals surface area (Å²) in [5.74, 6) is 1.50. The second kappa shape index (κ2) is 6.55. The average molecular weight is 386 g/mol. The van der Waals surface area contributed by atoms with Crippen molar-refractivity contribution in [2.75, 3.05) is 0 Å². The Morgan fingerprint density at radius 1 is 1.11 bits per heavy atom. The van der Waals surface area contributed by atoms with Gasteiger partial charge in [0.05, 0.1) is 10.6 Å². The molecule has 0 bridgehead atoms. The summed E-state index contributed by atoms with van der Waals surface area (Å²) in [6, 6.07) is 13.3. The Hall–Kier alpha value is -0.840. The lowest BCUT2D eigenvalue weighted by molar-refractivity contribution is 0.173. The van der Waals surface area contributed by atoms with Gasteiger partial charge in [-0.05, 0) is 58.2 Å². The van der Waals surface area contributed by atoms with E-state index in [1.54, 1.807) is 0 Å². The van der Waals surface area contributed by atoms with Crippen molar-refractivity contribution < 1.29 is 9.84 Å². The lowest BCUT2D eigenvalue weighted by atomic mass is 10.1. The lowest BCUT2D eigenvalue weighted by Gasteiger charge is -2.11. The average Bonchev–Trinajstić information content (AvgIpc) is 2.42. The first-order chi connectivity index (χ1) is 9.10. The van der Waals surface area contributed by atoms with E-state index in [0.717, 1.165) is 26.0 Å². The van der Waals surface area contributed by atoms with Gasteiger partial charge in [0.15, 0.2) is 0 Å². The molecule has 0 fully saturated rings. The van der Waals surface area contributed by atoms with Gasteiger partial charge < -0.3 is 9.84 Å². The van der Waals surface area contributed by atoms with E-state index in [4.69, 9.17) is 4.74 Å². The van der Waals surface area contributed by atoms with Gasteiger partial charge in [0.2, 0.25) is 0 Å². The van der Waals surface area contributed by atoms with Gasteiger partial charge in [-0.3, -0.25) is 0 Å². The SMILES string of the molecule is CC[C@H](O)c1ccc(Oc2ccc(Br)cc2Br)cc1. The van der Waals surface area contributed by atoms with Gasteiger partial charge in [-0.1, -0.05) is 35.0 Å². The third kappa shape index (κ3) is 3.81. The molecule has 0 aliphatic carbocycles. The predicted molar refractivity (Wildman–Crippen MR) is 83.6 cm³/mol. The first-order valence-electron chi connectivity index (χ1n) is 6.01. The number of halogens is 2. The Labute approximate surface area is 129 Å². The minimum atomic E-state index is -0.409. The molecule has 0 heterocycles. The smallest absolute Gasteiger partial charge is 0.141 e.